The largest absolute Gasteiger partial charge is 0.497 e. The molecule has 0 radical (unpaired) electrons. The Morgan fingerprint density at radius 2 is 2.26 bits per heavy atom. The minimum absolute atomic E-state index is 0.437. The van der Waals surface area contributed by atoms with Crippen molar-refractivity contribution in [2.75, 3.05) is 12.4 Å². The minimum atomic E-state index is 0.437. The van der Waals surface area contributed by atoms with E-state index in [0.717, 1.165) is 41.0 Å². The van der Waals surface area contributed by atoms with Crippen molar-refractivity contribution in [3.05, 3.63) is 35.2 Å². The molecule has 0 bridgehead atoms. The van der Waals surface area contributed by atoms with Gasteiger partial charge in [-0.3, -0.25) is 4.98 Å². The standard InChI is InChI=1S/C15H15ClN6O/c1-23-10-4-5-13-11(6-10)15(12(16)7-17-13)18-8-14-19-20-21-22(14)9-2-3-9/h4-7,9H,2-3,8H2,1H3,(H,17,18). The summed E-state index contributed by atoms with van der Waals surface area (Å²) >= 11 is 6.33. The first-order chi connectivity index (χ1) is 11.3. The Morgan fingerprint density at radius 3 is 3.04 bits per heavy atom. The molecule has 2 heterocycles. The van der Waals surface area contributed by atoms with Gasteiger partial charge in [0.2, 0.25) is 0 Å². The summed E-state index contributed by atoms with van der Waals surface area (Å²) in [4.78, 5) is 4.34. The van der Waals surface area contributed by atoms with Crippen molar-refractivity contribution in [2.45, 2.75) is 25.4 Å². The molecule has 1 aromatic carbocycles. The number of hydrogen-bond donors (Lipinski definition) is 1. The molecule has 23 heavy (non-hydrogen) atoms. The van der Waals surface area contributed by atoms with E-state index in [2.05, 4.69) is 25.8 Å². The quantitative estimate of drug-likeness (QED) is 0.775. The van der Waals surface area contributed by atoms with Crippen molar-refractivity contribution >= 4 is 28.2 Å². The van der Waals surface area contributed by atoms with Crippen molar-refractivity contribution in [3.63, 3.8) is 0 Å². The second kappa shape index (κ2) is 5.66. The van der Waals surface area contributed by atoms with E-state index in [-0.39, 0.29) is 0 Å². The van der Waals surface area contributed by atoms with E-state index in [4.69, 9.17) is 16.3 Å². The average molecular weight is 331 g/mol. The molecule has 2 aromatic heterocycles. The first-order valence-electron chi connectivity index (χ1n) is 7.39. The maximum atomic E-state index is 6.33. The molecule has 8 heteroatoms. The highest BCUT2D eigenvalue weighted by molar-refractivity contribution is 6.34. The Balaban J connectivity index is 1.67. The number of nitrogens with zero attached hydrogens (tertiary/aromatic N) is 5. The van der Waals surface area contributed by atoms with Crippen LogP contribution in [0.25, 0.3) is 10.9 Å². The number of rotatable bonds is 5. The number of hydrogen-bond acceptors (Lipinski definition) is 6. The lowest BCUT2D eigenvalue weighted by Gasteiger charge is -2.12. The second-order valence-corrected chi connectivity index (χ2v) is 5.90. The Labute approximate surface area is 137 Å². The van der Waals surface area contributed by atoms with Crippen LogP contribution >= 0.6 is 11.6 Å². The van der Waals surface area contributed by atoms with Gasteiger partial charge in [0.05, 0.1) is 35.9 Å². The third kappa shape index (κ3) is 2.68. The molecule has 7 nitrogen and oxygen atoms in total. The maximum Gasteiger partial charge on any atom is 0.170 e. The van der Waals surface area contributed by atoms with Gasteiger partial charge in [0.1, 0.15) is 5.75 Å². The Kier molecular flexibility index (Phi) is 3.49. The molecular formula is C15H15ClN6O. The third-order valence-corrected chi connectivity index (χ3v) is 4.19. The number of pyridine rings is 1. The maximum absolute atomic E-state index is 6.33. The number of ether oxygens (including phenoxy) is 1. The van der Waals surface area contributed by atoms with Gasteiger partial charge in [-0.25, -0.2) is 4.68 Å². The van der Waals surface area contributed by atoms with Gasteiger partial charge in [0.15, 0.2) is 5.82 Å². The van der Waals surface area contributed by atoms with Crippen molar-refractivity contribution < 1.29 is 4.74 Å². The predicted molar refractivity (Wildman–Crippen MR) is 86.7 cm³/mol. The Bertz CT molecular complexity index is 860. The number of tetrazole rings is 1. The van der Waals surface area contributed by atoms with Crippen LogP contribution in [0.4, 0.5) is 5.69 Å². The van der Waals surface area contributed by atoms with E-state index < -0.39 is 0 Å². The van der Waals surface area contributed by atoms with Gasteiger partial charge in [-0.2, -0.15) is 0 Å². The summed E-state index contributed by atoms with van der Waals surface area (Å²) in [7, 11) is 1.63. The number of aromatic nitrogens is 5. The highest BCUT2D eigenvalue weighted by atomic mass is 35.5. The van der Waals surface area contributed by atoms with E-state index in [0.29, 0.717) is 17.6 Å². The molecule has 1 aliphatic rings. The number of methoxy groups -OCH3 is 1. The van der Waals surface area contributed by atoms with Crippen LogP contribution in [0.2, 0.25) is 5.02 Å². The normalized spacial score (nSPS) is 14.2. The summed E-state index contributed by atoms with van der Waals surface area (Å²) in [5, 5.41) is 16.7. The average Bonchev–Trinajstić information content (AvgIpc) is 3.32. The van der Waals surface area contributed by atoms with E-state index >= 15 is 0 Å². The molecule has 1 saturated carbocycles. The first kappa shape index (κ1) is 14.2. The van der Waals surface area contributed by atoms with Gasteiger partial charge in [0, 0.05) is 11.6 Å². The molecule has 0 spiro atoms. The molecule has 0 saturated heterocycles. The van der Waals surface area contributed by atoms with Gasteiger partial charge in [-0.1, -0.05) is 11.6 Å². The highest BCUT2D eigenvalue weighted by Crippen LogP contribution is 2.35. The zero-order valence-corrected chi connectivity index (χ0v) is 13.3. The van der Waals surface area contributed by atoms with Gasteiger partial charge in [-0.05, 0) is 41.5 Å². The van der Waals surface area contributed by atoms with E-state index in [9.17, 15) is 0 Å². The van der Waals surface area contributed by atoms with Gasteiger partial charge in [0.25, 0.3) is 0 Å². The van der Waals surface area contributed by atoms with Gasteiger partial charge in [-0.15, -0.1) is 5.10 Å². The third-order valence-electron chi connectivity index (χ3n) is 3.91. The van der Waals surface area contributed by atoms with E-state index in [1.54, 1.807) is 13.3 Å². The lowest BCUT2D eigenvalue weighted by Crippen LogP contribution is -2.09. The molecule has 118 valence electrons. The van der Waals surface area contributed by atoms with Crippen LogP contribution in [-0.4, -0.2) is 32.3 Å². The number of anilines is 1. The summed E-state index contributed by atoms with van der Waals surface area (Å²) in [5.41, 5.74) is 1.65. The lowest BCUT2D eigenvalue weighted by atomic mass is 10.1. The molecule has 0 amide bonds. The smallest absolute Gasteiger partial charge is 0.170 e. The monoisotopic (exact) mass is 330 g/mol. The van der Waals surface area contributed by atoms with Crippen LogP contribution in [-0.2, 0) is 6.54 Å². The van der Waals surface area contributed by atoms with Gasteiger partial charge < -0.3 is 10.1 Å². The molecule has 0 unspecified atom stereocenters. The molecule has 1 aliphatic carbocycles. The fourth-order valence-electron chi connectivity index (χ4n) is 2.55. The van der Waals surface area contributed by atoms with Crippen LogP contribution in [0.15, 0.2) is 24.4 Å². The minimum Gasteiger partial charge on any atom is -0.497 e. The van der Waals surface area contributed by atoms with Crippen molar-refractivity contribution in [2.24, 2.45) is 0 Å². The van der Waals surface area contributed by atoms with E-state index in [1.165, 1.54) is 0 Å². The number of fused-ring (bicyclic) bond motifs is 1. The highest BCUT2D eigenvalue weighted by Gasteiger charge is 2.27. The van der Waals surface area contributed by atoms with Gasteiger partial charge >= 0.3 is 0 Å². The summed E-state index contributed by atoms with van der Waals surface area (Å²) in [6, 6.07) is 6.14. The van der Waals surface area contributed by atoms with Crippen molar-refractivity contribution in [1.29, 1.82) is 0 Å². The first-order valence-corrected chi connectivity index (χ1v) is 7.77. The molecule has 0 atom stereocenters. The SMILES string of the molecule is COc1ccc2ncc(Cl)c(NCc3nnnn3C3CC3)c2c1. The molecule has 1 fully saturated rings. The number of halogens is 1. The summed E-state index contributed by atoms with van der Waals surface area (Å²) in [6.07, 6.45) is 3.91. The van der Waals surface area contributed by atoms with Crippen LogP contribution in [0, 0.1) is 0 Å². The molecule has 1 N–H and O–H groups in total. The molecule has 4 rings (SSSR count). The molecule has 0 aliphatic heterocycles. The van der Waals surface area contributed by atoms with Crippen molar-refractivity contribution in [1.82, 2.24) is 25.2 Å². The zero-order chi connectivity index (χ0) is 15.8. The molecule has 3 aromatic rings. The zero-order valence-electron chi connectivity index (χ0n) is 12.5. The summed E-state index contributed by atoms with van der Waals surface area (Å²) in [6.45, 7) is 0.500. The fourth-order valence-corrected chi connectivity index (χ4v) is 2.77. The second-order valence-electron chi connectivity index (χ2n) is 5.49. The van der Waals surface area contributed by atoms with E-state index in [1.807, 2.05) is 22.9 Å². The van der Waals surface area contributed by atoms with Crippen LogP contribution in [0.1, 0.15) is 24.7 Å². The van der Waals surface area contributed by atoms with Crippen LogP contribution in [0.3, 0.4) is 0 Å². The Morgan fingerprint density at radius 1 is 1.39 bits per heavy atom. The summed E-state index contributed by atoms with van der Waals surface area (Å²) in [5.74, 6) is 1.56. The lowest BCUT2D eigenvalue weighted by molar-refractivity contribution is 0.415. The Hall–Kier alpha value is -2.41. The van der Waals surface area contributed by atoms with Crippen LogP contribution in [0.5, 0.6) is 5.75 Å². The predicted octanol–water partition coefficient (Wildman–Crippen LogP) is 2.83. The fraction of sp³-hybridized carbons (Fsp3) is 0.333. The van der Waals surface area contributed by atoms with Crippen LogP contribution < -0.4 is 10.1 Å². The summed E-state index contributed by atoms with van der Waals surface area (Å²) < 4.78 is 7.17. The number of nitrogens with one attached hydrogen (secondary N) is 1. The molecular weight excluding hydrogens is 316 g/mol. The topological polar surface area (TPSA) is 77.8 Å². The van der Waals surface area contributed by atoms with Crippen molar-refractivity contribution in [3.8, 4) is 5.75 Å². The number of benzene rings is 1.